The zero-order valence-corrected chi connectivity index (χ0v) is 9.79. The molecule has 92 valence electrons. The van der Waals surface area contributed by atoms with Crippen molar-refractivity contribution in [3.63, 3.8) is 0 Å². The quantitative estimate of drug-likeness (QED) is 0.662. The van der Waals surface area contributed by atoms with Crippen LogP contribution in [0.5, 0.6) is 11.5 Å². The van der Waals surface area contributed by atoms with Crippen LogP contribution in [0, 0.1) is 0 Å². The average molecular weight is 244 g/mol. The lowest BCUT2D eigenvalue weighted by Crippen LogP contribution is -2.06. The molecule has 0 fully saturated rings. The standard InChI is InChI=1S/C13H12N2O3/c1-17-13(16)10-5-2-6-11(12(10)14)18-9-4-3-7-15-8-9/h2-8H,14H2,1H3. The van der Waals surface area contributed by atoms with Crippen LogP contribution in [0.15, 0.2) is 42.7 Å². The number of para-hydroxylation sites is 1. The summed E-state index contributed by atoms with van der Waals surface area (Å²) < 4.78 is 10.2. The van der Waals surface area contributed by atoms with Gasteiger partial charge in [0.25, 0.3) is 0 Å². The number of aromatic nitrogens is 1. The lowest BCUT2D eigenvalue weighted by Gasteiger charge is -2.10. The average Bonchev–Trinajstić information content (AvgIpc) is 2.41. The molecular formula is C13H12N2O3. The van der Waals surface area contributed by atoms with Gasteiger partial charge in [-0.25, -0.2) is 4.79 Å². The molecule has 0 radical (unpaired) electrons. The number of ether oxygens (including phenoxy) is 2. The first-order valence-electron chi connectivity index (χ1n) is 5.27. The van der Waals surface area contributed by atoms with E-state index in [2.05, 4.69) is 9.72 Å². The Labute approximate surface area is 104 Å². The van der Waals surface area contributed by atoms with Crippen LogP contribution < -0.4 is 10.5 Å². The van der Waals surface area contributed by atoms with Gasteiger partial charge in [0.15, 0.2) is 5.75 Å². The Balaban J connectivity index is 2.32. The molecule has 0 aliphatic heterocycles. The zero-order chi connectivity index (χ0) is 13.0. The number of carbonyl (C=O) groups is 1. The minimum atomic E-state index is -0.496. The highest BCUT2D eigenvalue weighted by Crippen LogP contribution is 2.29. The van der Waals surface area contributed by atoms with E-state index in [1.54, 1.807) is 42.7 Å². The zero-order valence-electron chi connectivity index (χ0n) is 9.79. The molecule has 1 aromatic carbocycles. The van der Waals surface area contributed by atoms with Crippen LogP contribution >= 0.6 is 0 Å². The number of carbonyl (C=O) groups excluding carboxylic acids is 1. The third-order valence-electron chi connectivity index (χ3n) is 2.33. The van der Waals surface area contributed by atoms with E-state index in [1.807, 2.05) is 0 Å². The van der Waals surface area contributed by atoms with Gasteiger partial charge in [0.1, 0.15) is 5.75 Å². The van der Waals surface area contributed by atoms with Gasteiger partial charge in [-0.2, -0.15) is 0 Å². The second-order valence-electron chi connectivity index (χ2n) is 3.50. The molecule has 1 heterocycles. The molecule has 0 aliphatic carbocycles. The molecule has 0 amide bonds. The summed E-state index contributed by atoms with van der Waals surface area (Å²) in [6.45, 7) is 0. The second-order valence-corrected chi connectivity index (χ2v) is 3.50. The van der Waals surface area contributed by atoms with Crippen molar-refractivity contribution in [3.05, 3.63) is 48.3 Å². The molecule has 0 spiro atoms. The summed E-state index contributed by atoms with van der Waals surface area (Å²) in [7, 11) is 1.30. The van der Waals surface area contributed by atoms with Crippen molar-refractivity contribution in [1.29, 1.82) is 0 Å². The molecular weight excluding hydrogens is 232 g/mol. The minimum absolute atomic E-state index is 0.244. The molecule has 1 aromatic heterocycles. The SMILES string of the molecule is COC(=O)c1cccc(Oc2cccnc2)c1N. The Bertz CT molecular complexity index is 555. The second kappa shape index (κ2) is 5.18. The molecule has 0 unspecified atom stereocenters. The fourth-order valence-electron chi connectivity index (χ4n) is 1.46. The third-order valence-corrected chi connectivity index (χ3v) is 2.33. The van der Waals surface area contributed by atoms with Crippen molar-refractivity contribution >= 4 is 11.7 Å². The Morgan fingerprint density at radius 2 is 2.11 bits per heavy atom. The van der Waals surface area contributed by atoms with E-state index < -0.39 is 5.97 Å². The van der Waals surface area contributed by atoms with E-state index in [1.165, 1.54) is 7.11 Å². The molecule has 0 saturated carbocycles. The maximum absolute atomic E-state index is 11.5. The van der Waals surface area contributed by atoms with Gasteiger partial charge in [-0.3, -0.25) is 4.98 Å². The van der Waals surface area contributed by atoms with Crippen LogP contribution in [0.3, 0.4) is 0 Å². The van der Waals surface area contributed by atoms with Gasteiger partial charge in [0.2, 0.25) is 0 Å². The van der Waals surface area contributed by atoms with Crippen molar-refractivity contribution in [2.45, 2.75) is 0 Å². The van der Waals surface area contributed by atoms with E-state index in [9.17, 15) is 4.79 Å². The highest BCUT2D eigenvalue weighted by atomic mass is 16.5. The van der Waals surface area contributed by atoms with Crippen LogP contribution in [0.1, 0.15) is 10.4 Å². The van der Waals surface area contributed by atoms with Gasteiger partial charge in [0, 0.05) is 6.20 Å². The van der Waals surface area contributed by atoms with Crippen LogP contribution in [0.4, 0.5) is 5.69 Å². The Morgan fingerprint density at radius 1 is 1.28 bits per heavy atom. The predicted molar refractivity (Wildman–Crippen MR) is 66.5 cm³/mol. The summed E-state index contributed by atoms with van der Waals surface area (Å²) in [5, 5.41) is 0. The highest BCUT2D eigenvalue weighted by Gasteiger charge is 2.13. The van der Waals surface area contributed by atoms with E-state index >= 15 is 0 Å². The normalized spacial score (nSPS) is 9.83. The number of rotatable bonds is 3. The van der Waals surface area contributed by atoms with Crippen LogP contribution in [0.2, 0.25) is 0 Å². The molecule has 2 N–H and O–H groups in total. The lowest BCUT2D eigenvalue weighted by molar-refractivity contribution is 0.0601. The molecule has 2 aromatic rings. The topological polar surface area (TPSA) is 74.4 Å². The first kappa shape index (κ1) is 11.9. The molecule has 0 bridgehead atoms. The van der Waals surface area contributed by atoms with Crippen molar-refractivity contribution in [3.8, 4) is 11.5 Å². The number of nitrogens with zero attached hydrogens (tertiary/aromatic N) is 1. The summed E-state index contributed by atoms with van der Waals surface area (Å²) in [4.78, 5) is 15.4. The van der Waals surface area contributed by atoms with Gasteiger partial charge in [-0.15, -0.1) is 0 Å². The smallest absolute Gasteiger partial charge is 0.340 e. The number of esters is 1. The van der Waals surface area contributed by atoms with E-state index in [0.29, 0.717) is 11.5 Å². The Hall–Kier alpha value is -2.56. The maximum Gasteiger partial charge on any atom is 0.340 e. The van der Waals surface area contributed by atoms with Crippen molar-refractivity contribution in [1.82, 2.24) is 4.98 Å². The summed E-state index contributed by atoms with van der Waals surface area (Å²) in [5.41, 5.74) is 6.38. The molecule has 5 nitrogen and oxygen atoms in total. The first-order valence-corrected chi connectivity index (χ1v) is 5.27. The number of benzene rings is 1. The van der Waals surface area contributed by atoms with Gasteiger partial charge in [0.05, 0.1) is 24.6 Å². The van der Waals surface area contributed by atoms with E-state index in [-0.39, 0.29) is 11.3 Å². The highest BCUT2D eigenvalue weighted by molar-refractivity contribution is 5.96. The summed E-state index contributed by atoms with van der Waals surface area (Å²) in [6.07, 6.45) is 3.20. The molecule has 0 aliphatic rings. The fraction of sp³-hybridized carbons (Fsp3) is 0.0769. The molecule has 18 heavy (non-hydrogen) atoms. The number of pyridine rings is 1. The lowest BCUT2D eigenvalue weighted by atomic mass is 10.1. The maximum atomic E-state index is 11.5. The van der Waals surface area contributed by atoms with Gasteiger partial charge in [-0.1, -0.05) is 6.07 Å². The number of hydrogen-bond donors (Lipinski definition) is 1. The Morgan fingerprint density at radius 3 is 2.78 bits per heavy atom. The van der Waals surface area contributed by atoms with Crippen molar-refractivity contribution in [2.24, 2.45) is 0 Å². The number of anilines is 1. The van der Waals surface area contributed by atoms with E-state index in [4.69, 9.17) is 10.5 Å². The molecule has 0 saturated heterocycles. The van der Waals surface area contributed by atoms with Gasteiger partial charge < -0.3 is 15.2 Å². The van der Waals surface area contributed by atoms with Crippen LogP contribution in [-0.2, 0) is 4.74 Å². The van der Waals surface area contributed by atoms with Crippen LogP contribution in [-0.4, -0.2) is 18.1 Å². The molecule has 5 heteroatoms. The largest absolute Gasteiger partial charge is 0.465 e. The number of hydrogen-bond acceptors (Lipinski definition) is 5. The summed E-state index contributed by atoms with van der Waals surface area (Å²) >= 11 is 0. The molecule has 0 atom stereocenters. The minimum Gasteiger partial charge on any atom is -0.465 e. The van der Waals surface area contributed by atoms with Crippen LogP contribution in [0.25, 0.3) is 0 Å². The number of nitrogens with two attached hydrogens (primary N) is 1. The van der Waals surface area contributed by atoms with Crippen molar-refractivity contribution < 1.29 is 14.3 Å². The monoisotopic (exact) mass is 244 g/mol. The third kappa shape index (κ3) is 2.40. The molecule has 2 rings (SSSR count). The fourth-order valence-corrected chi connectivity index (χ4v) is 1.46. The number of methoxy groups -OCH3 is 1. The van der Waals surface area contributed by atoms with Gasteiger partial charge >= 0.3 is 5.97 Å². The number of nitrogen functional groups attached to an aromatic ring is 1. The summed E-state index contributed by atoms with van der Waals surface area (Å²) in [5.74, 6) is 0.446. The Kier molecular flexibility index (Phi) is 3.43. The summed E-state index contributed by atoms with van der Waals surface area (Å²) in [6, 6.07) is 8.42. The first-order chi connectivity index (χ1) is 8.72. The predicted octanol–water partition coefficient (Wildman–Crippen LogP) is 2.24. The van der Waals surface area contributed by atoms with Gasteiger partial charge in [-0.05, 0) is 24.3 Å². The van der Waals surface area contributed by atoms with Crippen molar-refractivity contribution in [2.75, 3.05) is 12.8 Å². The van der Waals surface area contributed by atoms with E-state index in [0.717, 1.165) is 0 Å².